The first-order valence-electron chi connectivity index (χ1n) is 10.8. The van der Waals surface area contributed by atoms with E-state index >= 15 is 0 Å². The number of rotatable bonds is 7. The van der Waals surface area contributed by atoms with Crippen LogP contribution in [0.25, 0.3) is 11.0 Å². The second-order valence-electron chi connectivity index (χ2n) is 8.03. The first-order chi connectivity index (χ1) is 15.4. The number of hydrogen-bond acceptors (Lipinski definition) is 6. The standard InChI is InChI=1S/C22H26BrClN6OS/c1-14(2)32-22-27-19(29-9-4-3-5-10-29)17-13-26-30(20(17)28-22)11-8-25-21(31)16-12-15(23)6-7-18(16)24/h6-7,12-14H,3-5,8-11H2,1-2H3,(H,25,31). The highest BCUT2D eigenvalue weighted by Crippen LogP contribution is 2.30. The van der Waals surface area contributed by atoms with E-state index in [1.165, 1.54) is 19.3 Å². The zero-order valence-electron chi connectivity index (χ0n) is 18.1. The van der Waals surface area contributed by atoms with Gasteiger partial charge >= 0.3 is 0 Å². The fraction of sp³-hybridized carbons (Fsp3) is 0.455. The summed E-state index contributed by atoms with van der Waals surface area (Å²) in [6.45, 7) is 7.20. The van der Waals surface area contributed by atoms with Gasteiger partial charge in [-0.15, -0.1) is 0 Å². The van der Waals surface area contributed by atoms with E-state index in [9.17, 15) is 4.79 Å². The zero-order valence-corrected chi connectivity index (χ0v) is 21.3. The quantitative estimate of drug-likeness (QED) is 0.331. The second-order valence-corrected chi connectivity index (χ2v) is 10.9. The molecule has 1 fully saturated rings. The Balaban J connectivity index is 1.54. The van der Waals surface area contributed by atoms with Crippen molar-refractivity contribution in [1.29, 1.82) is 0 Å². The molecule has 1 amide bonds. The average molecular weight is 538 g/mol. The molecule has 1 aliphatic heterocycles. The molecule has 0 atom stereocenters. The van der Waals surface area contributed by atoms with Crippen molar-refractivity contribution >= 4 is 62.1 Å². The number of amides is 1. The Kier molecular flexibility index (Phi) is 7.58. The van der Waals surface area contributed by atoms with Gasteiger partial charge in [-0.25, -0.2) is 14.6 Å². The van der Waals surface area contributed by atoms with Crippen LogP contribution in [0.3, 0.4) is 0 Å². The van der Waals surface area contributed by atoms with Crippen molar-refractivity contribution in [3.63, 3.8) is 0 Å². The first kappa shape index (κ1) is 23.3. The number of carbonyl (C=O) groups excluding carboxylic acids is 1. The molecule has 3 heterocycles. The minimum absolute atomic E-state index is 0.215. The van der Waals surface area contributed by atoms with Gasteiger partial charge in [-0.2, -0.15) is 5.10 Å². The normalized spacial score (nSPS) is 14.3. The third-order valence-electron chi connectivity index (χ3n) is 5.23. The maximum absolute atomic E-state index is 12.6. The van der Waals surface area contributed by atoms with Gasteiger partial charge in [0.15, 0.2) is 10.8 Å². The molecule has 1 aromatic carbocycles. The van der Waals surface area contributed by atoms with Crippen LogP contribution in [0, 0.1) is 0 Å². The van der Waals surface area contributed by atoms with Gasteiger partial charge in [-0.1, -0.05) is 53.1 Å². The number of thioether (sulfide) groups is 1. The zero-order chi connectivity index (χ0) is 22.7. The topological polar surface area (TPSA) is 75.9 Å². The van der Waals surface area contributed by atoms with Crippen LogP contribution in [-0.2, 0) is 6.54 Å². The van der Waals surface area contributed by atoms with Crippen molar-refractivity contribution < 1.29 is 4.79 Å². The summed E-state index contributed by atoms with van der Waals surface area (Å²) >= 11 is 11.2. The summed E-state index contributed by atoms with van der Waals surface area (Å²) in [5.41, 5.74) is 1.25. The molecule has 0 bridgehead atoms. The van der Waals surface area contributed by atoms with Crippen LogP contribution in [0.5, 0.6) is 0 Å². The molecule has 0 unspecified atom stereocenters. The molecule has 32 heavy (non-hydrogen) atoms. The van der Waals surface area contributed by atoms with Gasteiger partial charge in [-0.3, -0.25) is 4.79 Å². The second kappa shape index (κ2) is 10.4. The van der Waals surface area contributed by atoms with Crippen LogP contribution in [0.1, 0.15) is 43.5 Å². The molecule has 1 aliphatic rings. The predicted octanol–water partition coefficient (Wildman–Crippen LogP) is 5.16. The number of halogens is 2. The Morgan fingerprint density at radius 2 is 2.03 bits per heavy atom. The molecule has 1 N–H and O–H groups in total. The summed E-state index contributed by atoms with van der Waals surface area (Å²) in [5, 5.41) is 10.0. The Morgan fingerprint density at radius 1 is 1.25 bits per heavy atom. The van der Waals surface area contributed by atoms with Gasteiger partial charge in [-0.05, 0) is 37.5 Å². The van der Waals surface area contributed by atoms with Crippen molar-refractivity contribution in [1.82, 2.24) is 25.1 Å². The number of nitrogens with one attached hydrogen (secondary N) is 1. The number of hydrogen-bond donors (Lipinski definition) is 1. The van der Waals surface area contributed by atoms with Crippen molar-refractivity contribution in [2.24, 2.45) is 0 Å². The molecular formula is C22H26BrClN6OS. The summed E-state index contributed by atoms with van der Waals surface area (Å²) in [6, 6.07) is 5.23. The van der Waals surface area contributed by atoms with E-state index in [1.54, 1.807) is 30.0 Å². The maximum atomic E-state index is 12.6. The molecule has 1 saturated heterocycles. The van der Waals surface area contributed by atoms with Gasteiger partial charge in [0, 0.05) is 29.4 Å². The van der Waals surface area contributed by atoms with Crippen molar-refractivity contribution in [2.45, 2.75) is 50.1 Å². The lowest BCUT2D eigenvalue weighted by Crippen LogP contribution is -2.30. The van der Waals surface area contributed by atoms with Crippen LogP contribution in [0.15, 0.2) is 34.0 Å². The van der Waals surface area contributed by atoms with Crippen molar-refractivity contribution in [2.75, 3.05) is 24.5 Å². The minimum atomic E-state index is -0.215. The largest absolute Gasteiger partial charge is 0.356 e. The van der Waals surface area contributed by atoms with Gasteiger partial charge in [0.1, 0.15) is 5.82 Å². The molecule has 10 heteroatoms. The number of fused-ring (bicyclic) bond motifs is 1. The lowest BCUT2D eigenvalue weighted by atomic mass is 10.1. The number of benzene rings is 1. The average Bonchev–Trinajstić information content (AvgIpc) is 3.18. The Morgan fingerprint density at radius 3 is 2.78 bits per heavy atom. The van der Waals surface area contributed by atoms with Gasteiger partial charge in [0.05, 0.1) is 28.7 Å². The number of nitrogens with zero attached hydrogens (tertiary/aromatic N) is 5. The molecule has 0 aliphatic carbocycles. The molecular weight excluding hydrogens is 512 g/mol. The SMILES string of the molecule is CC(C)Sc1nc(N2CCCCC2)c2cnn(CCNC(=O)c3cc(Br)ccc3Cl)c2n1. The fourth-order valence-corrected chi connectivity index (χ4v) is 5.00. The number of piperidine rings is 1. The summed E-state index contributed by atoms with van der Waals surface area (Å²) in [6.07, 6.45) is 5.46. The number of aromatic nitrogens is 4. The molecule has 170 valence electrons. The summed E-state index contributed by atoms with van der Waals surface area (Å²) in [5.74, 6) is 0.751. The van der Waals surface area contributed by atoms with Gasteiger partial charge in [0.2, 0.25) is 0 Å². The van der Waals surface area contributed by atoms with E-state index in [4.69, 9.17) is 21.6 Å². The Bertz CT molecular complexity index is 1120. The van der Waals surface area contributed by atoms with Crippen molar-refractivity contribution in [3.8, 4) is 0 Å². The number of carbonyl (C=O) groups is 1. The van der Waals surface area contributed by atoms with Crippen LogP contribution in [0.2, 0.25) is 5.02 Å². The third-order valence-corrected chi connectivity index (χ3v) is 6.92. The molecule has 0 saturated carbocycles. The van der Waals surface area contributed by atoms with E-state index in [0.717, 1.165) is 39.6 Å². The lowest BCUT2D eigenvalue weighted by molar-refractivity contribution is 0.0952. The van der Waals surface area contributed by atoms with Gasteiger partial charge in [0.25, 0.3) is 5.91 Å². The highest BCUT2D eigenvalue weighted by atomic mass is 79.9. The monoisotopic (exact) mass is 536 g/mol. The van der Waals surface area contributed by atoms with Crippen LogP contribution >= 0.6 is 39.3 Å². The highest BCUT2D eigenvalue weighted by Gasteiger charge is 2.20. The van der Waals surface area contributed by atoms with E-state index in [1.807, 2.05) is 10.9 Å². The van der Waals surface area contributed by atoms with Gasteiger partial charge < -0.3 is 10.2 Å². The number of anilines is 1. The van der Waals surface area contributed by atoms with E-state index < -0.39 is 0 Å². The Hall–Kier alpha value is -1.84. The maximum Gasteiger partial charge on any atom is 0.252 e. The predicted molar refractivity (Wildman–Crippen MR) is 134 cm³/mol. The van der Waals surface area contributed by atoms with E-state index in [2.05, 4.69) is 45.1 Å². The highest BCUT2D eigenvalue weighted by molar-refractivity contribution is 9.10. The van der Waals surface area contributed by atoms with Crippen molar-refractivity contribution in [3.05, 3.63) is 39.5 Å². The molecule has 2 aromatic heterocycles. The molecule has 7 nitrogen and oxygen atoms in total. The first-order valence-corrected chi connectivity index (χ1v) is 12.9. The third kappa shape index (κ3) is 5.38. The summed E-state index contributed by atoms with van der Waals surface area (Å²) < 4.78 is 2.65. The molecule has 3 aromatic rings. The van der Waals surface area contributed by atoms with E-state index in [-0.39, 0.29) is 5.91 Å². The minimum Gasteiger partial charge on any atom is -0.356 e. The molecule has 4 rings (SSSR count). The fourth-order valence-electron chi connectivity index (χ4n) is 3.74. The summed E-state index contributed by atoms with van der Waals surface area (Å²) in [4.78, 5) is 24.6. The van der Waals surface area contributed by atoms with Crippen LogP contribution in [-0.4, -0.2) is 50.5 Å². The van der Waals surface area contributed by atoms with Crippen LogP contribution < -0.4 is 10.2 Å². The summed E-state index contributed by atoms with van der Waals surface area (Å²) in [7, 11) is 0. The Labute approximate surface area is 205 Å². The van der Waals surface area contributed by atoms with E-state index in [0.29, 0.717) is 28.9 Å². The lowest BCUT2D eigenvalue weighted by Gasteiger charge is -2.28. The van der Waals surface area contributed by atoms with Crippen LogP contribution in [0.4, 0.5) is 5.82 Å². The smallest absolute Gasteiger partial charge is 0.252 e. The molecule has 0 spiro atoms. The molecule has 0 radical (unpaired) electrons.